The number of aryl methyl sites for hydroxylation is 1. The van der Waals surface area contributed by atoms with Crippen LogP contribution in [0.4, 0.5) is 19.0 Å². The summed E-state index contributed by atoms with van der Waals surface area (Å²) in [5.41, 5.74) is 5.82. The highest BCUT2D eigenvalue weighted by Gasteiger charge is 2.30. The highest BCUT2D eigenvalue weighted by Crippen LogP contribution is 2.31. The van der Waals surface area contributed by atoms with Crippen LogP contribution in [0.1, 0.15) is 23.7 Å². The Hall–Kier alpha value is -2.49. The molecular formula is C13H11F3N4. The van der Waals surface area contributed by atoms with E-state index in [2.05, 4.69) is 5.10 Å². The molecule has 20 heavy (non-hydrogen) atoms. The summed E-state index contributed by atoms with van der Waals surface area (Å²) in [4.78, 5) is 0. The van der Waals surface area contributed by atoms with Crippen LogP contribution >= 0.6 is 0 Å². The molecule has 2 N–H and O–H groups in total. The number of anilines is 1. The molecule has 1 heterocycles. The molecule has 1 aromatic carbocycles. The smallest absolute Gasteiger partial charge is 0.382 e. The van der Waals surface area contributed by atoms with Crippen molar-refractivity contribution in [2.45, 2.75) is 19.5 Å². The van der Waals surface area contributed by atoms with Gasteiger partial charge in [0.1, 0.15) is 17.5 Å². The monoisotopic (exact) mass is 280 g/mol. The molecule has 2 rings (SSSR count). The number of hydrogen-bond donors (Lipinski definition) is 1. The van der Waals surface area contributed by atoms with Crippen LogP contribution < -0.4 is 5.73 Å². The van der Waals surface area contributed by atoms with Crippen molar-refractivity contribution < 1.29 is 13.2 Å². The zero-order chi connectivity index (χ0) is 14.9. The highest BCUT2D eigenvalue weighted by molar-refractivity contribution is 5.56. The fourth-order valence-electron chi connectivity index (χ4n) is 1.86. The summed E-state index contributed by atoms with van der Waals surface area (Å²) in [6.07, 6.45) is -3.97. The number of benzene rings is 1. The van der Waals surface area contributed by atoms with Gasteiger partial charge in [-0.05, 0) is 24.6 Å². The number of alkyl halides is 3. The first-order valence-corrected chi connectivity index (χ1v) is 5.83. The van der Waals surface area contributed by atoms with Crippen molar-refractivity contribution in [1.29, 1.82) is 5.26 Å². The van der Waals surface area contributed by atoms with E-state index in [1.807, 2.05) is 6.07 Å². The minimum Gasteiger partial charge on any atom is -0.382 e. The molecule has 0 fully saturated rings. The third kappa shape index (κ3) is 2.32. The number of hydrogen-bond acceptors (Lipinski definition) is 3. The fourth-order valence-corrected chi connectivity index (χ4v) is 1.86. The molecule has 0 saturated heterocycles. The topological polar surface area (TPSA) is 67.6 Å². The minimum atomic E-state index is -4.44. The molecule has 104 valence electrons. The van der Waals surface area contributed by atoms with E-state index in [4.69, 9.17) is 11.0 Å². The quantitative estimate of drug-likeness (QED) is 0.919. The lowest BCUT2D eigenvalue weighted by atomic mass is 10.2. The average molecular weight is 280 g/mol. The molecule has 0 radical (unpaired) electrons. The Kier molecular flexibility index (Phi) is 3.40. The second-order valence-corrected chi connectivity index (χ2v) is 4.13. The molecule has 0 unspecified atom stereocenters. The molecule has 0 atom stereocenters. The molecule has 0 amide bonds. The van der Waals surface area contributed by atoms with Crippen LogP contribution in [0.3, 0.4) is 0 Å². The van der Waals surface area contributed by atoms with Gasteiger partial charge in [0.05, 0.1) is 16.9 Å². The Morgan fingerprint density at radius 1 is 1.40 bits per heavy atom. The van der Waals surface area contributed by atoms with E-state index in [-0.39, 0.29) is 17.1 Å². The molecule has 1 aromatic heterocycles. The van der Waals surface area contributed by atoms with Gasteiger partial charge >= 0.3 is 6.18 Å². The fraction of sp³-hybridized carbons (Fsp3) is 0.231. The largest absolute Gasteiger partial charge is 0.416 e. The van der Waals surface area contributed by atoms with Crippen LogP contribution in [0, 0.1) is 11.3 Å². The van der Waals surface area contributed by atoms with Gasteiger partial charge in [0.15, 0.2) is 0 Å². The van der Waals surface area contributed by atoms with E-state index in [0.29, 0.717) is 12.1 Å². The molecule has 7 heteroatoms. The van der Waals surface area contributed by atoms with Crippen molar-refractivity contribution in [2.75, 3.05) is 5.73 Å². The van der Waals surface area contributed by atoms with Crippen LogP contribution in [0.25, 0.3) is 5.69 Å². The predicted octanol–water partition coefficient (Wildman–Crippen LogP) is 2.91. The Labute approximate surface area is 113 Å². The van der Waals surface area contributed by atoms with Gasteiger partial charge in [-0.2, -0.15) is 23.5 Å². The van der Waals surface area contributed by atoms with E-state index in [1.54, 1.807) is 6.92 Å². The van der Waals surface area contributed by atoms with Gasteiger partial charge in [0, 0.05) is 0 Å². The van der Waals surface area contributed by atoms with Gasteiger partial charge in [-0.15, -0.1) is 0 Å². The maximum absolute atomic E-state index is 12.7. The van der Waals surface area contributed by atoms with Crippen molar-refractivity contribution in [3.8, 4) is 11.8 Å². The molecular weight excluding hydrogens is 269 g/mol. The maximum Gasteiger partial charge on any atom is 0.416 e. The number of rotatable bonds is 2. The Morgan fingerprint density at radius 2 is 2.10 bits per heavy atom. The second-order valence-electron chi connectivity index (χ2n) is 4.13. The third-order valence-electron chi connectivity index (χ3n) is 2.86. The number of nitriles is 1. The van der Waals surface area contributed by atoms with Crippen molar-refractivity contribution in [1.82, 2.24) is 9.78 Å². The summed E-state index contributed by atoms with van der Waals surface area (Å²) >= 11 is 0. The van der Waals surface area contributed by atoms with Crippen LogP contribution in [0.15, 0.2) is 24.3 Å². The Bertz CT molecular complexity index is 680. The normalized spacial score (nSPS) is 11.3. The van der Waals surface area contributed by atoms with Gasteiger partial charge in [0.2, 0.25) is 0 Å². The molecule has 4 nitrogen and oxygen atoms in total. The molecule has 0 aliphatic carbocycles. The summed E-state index contributed by atoms with van der Waals surface area (Å²) in [6.45, 7) is 1.79. The second kappa shape index (κ2) is 4.89. The number of nitrogen functional groups attached to an aromatic ring is 1. The maximum atomic E-state index is 12.7. The van der Waals surface area contributed by atoms with Crippen molar-refractivity contribution in [3.63, 3.8) is 0 Å². The van der Waals surface area contributed by atoms with E-state index in [0.717, 1.165) is 16.8 Å². The van der Waals surface area contributed by atoms with Crippen LogP contribution in [-0.4, -0.2) is 9.78 Å². The standard InChI is InChI=1S/C13H11F3N4/c1-2-11-10(7-17)12(18)20(19-11)9-5-3-4-8(6-9)13(14,15)16/h3-6H,2,18H2,1H3. The lowest BCUT2D eigenvalue weighted by molar-refractivity contribution is -0.137. The Balaban J connectivity index is 2.59. The lowest BCUT2D eigenvalue weighted by Crippen LogP contribution is -2.08. The third-order valence-corrected chi connectivity index (χ3v) is 2.86. The van der Waals surface area contributed by atoms with Gasteiger partial charge in [0.25, 0.3) is 0 Å². The van der Waals surface area contributed by atoms with Crippen LogP contribution in [-0.2, 0) is 12.6 Å². The zero-order valence-corrected chi connectivity index (χ0v) is 10.6. The van der Waals surface area contributed by atoms with Crippen LogP contribution in [0.2, 0.25) is 0 Å². The van der Waals surface area contributed by atoms with Gasteiger partial charge < -0.3 is 5.73 Å². The van der Waals surface area contributed by atoms with Crippen molar-refractivity contribution in [2.24, 2.45) is 0 Å². The molecule has 0 saturated carbocycles. The first-order chi connectivity index (χ1) is 9.38. The number of nitrogens with zero attached hydrogens (tertiary/aromatic N) is 3. The van der Waals surface area contributed by atoms with Crippen molar-refractivity contribution >= 4 is 5.82 Å². The summed E-state index contributed by atoms with van der Waals surface area (Å²) in [5, 5.41) is 13.1. The van der Waals surface area contributed by atoms with Gasteiger partial charge in [-0.1, -0.05) is 13.0 Å². The Morgan fingerprint density at radius 3 is 2.60 bits per heavy atom. The molecule has 0 aliphatic heterocycles. The minimum absolute atomic E-state index is 0.0451. The average Bonchev–Trinajstić information content (AvgIpc) is 2.74. The molecule has 0 spiro atoms. The van der Waals surface area contributed by atoms with Crippen LogP contribution in [0.5, 0.6) is 0 Å². The van der Waals surface area contributed by atoms with Gasteiger partial charge in [-0.3, -0.25) is 0 Å². The predicted molar refractivity (Wildman–Crippen MR) is 67.1 cm³/mol. The molecule has 0 aliphatic rings. The summed E-state index contributed by atoms with van der Waals surface area (Å²) < 4.78 is 39.2. The lowest BCUT2D eigenvalue weighted by Gasteiger charge is -2.09. The molecule has 0 bridgehead atoms. The van der Waals surface area contributed by atoms with Crippen molar-refractivity contribution in [3.05, 3.63) is 41.1 Å². The first-order valence-electron chi connectivity index (χ1n) is 5.83. The van der Waals surface area contributed by atoms with E-state index in [1.165, 1.54) is 12.1 Å². The van der Waals surface area contributed by atoms with Gasteiger partial charge in [-0.25, -0.2) is 4.68 Å². The SMILES string of the molecule is CCc1nn(-c2cccc(C(F)(F)F)c2)c(N)c1C#N. The number of nitrogens with two attached hydrogens (primary N) is 1. The summed E-state index contributed by atoms with van der Waals surface area (Å²) in [6, 6.07) is 6.57. The first kappa shape index (κ1) is 13.9. The number of aromatic nitrogens is 2. The van der Waals surface area contributed by atoms with E-state index >= 15 is 0 Å². The highest BCUT2D eigenvalue weighted by atomic mass is 19.4. The summed E-state index contributed by atoms with van der Waals surface area (Å²) in [7, 11) is 0. The summed E-state index contributed by atoms with van der Waals surface area (Å²) in [5.74, 6) is 0.0451. The van der Waals surface area contributed by atoms with E-state index < -0.39 is 11.7 Å². The van der Waals surface area contributed by atoms with E-state index in [9.17, 15) is 13.2 Å². The molecule has 2 aromatic rings. The zero-order valence-electron chi connectivity index (χ0n) is 10.6. The number of halogens is 3.